The number of hydrogen-bond donors (Lipinski definition) is 9. The van der Waals surface area contributed by atoms with Crippen molar-refractivity contribution in [3.8, 4) is 0 Å². The zero-order valence-corrected chi connectivity index (χ0v) is 18.0. The maximum absolute atomic E-state index is 11.8. The highest BCUT2D eigenvalue weighted by molar-refractivity contribution is 5.74. The highest BCUT2D eigenvalue weighted by atomic mass is 16.7. The average molecular weight is 484 g/mol. The molecule has 10 N–H and O–H groups in total. The molecule has 1 amide bonds. The Morgan fingerprint density at radius 3 is 2.03 bits per heavy atom. The molecule has 2 saturated heterocycles. The number of amides is 1. The van der Waals surface area contributed by atoms with Gasteiger partial charge in [0.05, 0.1) is 19.3 Å². The molecule has 0 bridgehead atoms. The number of ether oxygens (including phenoxy) is 4. The van der Waals surface area contributed by atoms with Crippen LogP contribution in [0.4, 0.5) is 0 Å². The fourth-order valence-corrected chi connectivity index (χ4v) is 3.57. The molecule has 192 valence electrons. The van der Waals surface area contributed by atoms with Crippen LogP contribution < -0.4 is 11.1 Å². The Bertz CT molecular complexity index is 667. The number of carboxylic acid groups (broad SMARTS) is 1. The van der Waals surface area contributed by atoms with Crippen LogP contribution in [0.2, 0.25) is 0 Å². The molecule has 0 radical (unpaired) electrons. The fraction of sp³-hybridized carbons (Fsp3) is 0.889. The van der Waals surface area contributed by atoms with E-state index in [1.165, 1.54) is 6.92 Å². The molecule has 12 atom stereocenters. The lowest BCUT2D eigenvalue weighted by Crippen LogP contribution is -2.68. The van der Waals surface area contributed by atoms with Gasteiger partial charge in [-0.3, -0.25) is 9.59 Å². The molecular weight excluding hydrogens is 452 g/mol. The number of hydrogen-bond acceptors (Lipinski definition) is 13. The summed E-state index contributed by atoms with van der Waals surface area (Å²) in [4.78, 5) is 23.0. The largest absolute Gasteiger partial charge is 0.480 e. The quantitative estimate of drug-likeness (QED) is 0.148. The highest BCUT2D eigenvalue weighted by Gasteiger charge is 2.52. The standard InChI is InChI=1S/C18H32N2O13/c1-5(9(19)16(28)29)30-17-10(20-6(2)23)15(12(25)8(4-22)31-17)33-18-14(27)13(26)11(24)7(3-21)32-18/h5,7-15,17-18,21-22,24-27H,3-4,19H2,1-2H3,(H,20,23)(H,28,29)/t5-,7+,8+,9+,10+,11+,12+,13+,14+,15-,17+,18+/m1/s1. The minimum absolute atomic E-state index is 0.621. The van der Waals surface area contributed by atoms with Gasteiger partial charge in [-0.1, -0.05) is 0 Å². The second-order valence-electron chi connectivity index (χ2n) is 7.95. The summed E-state index contributed by atoms with van der Waals surface area (Å²) in [5, 5.41) is 71.4. The predicted octanol–water partition coefficient (Wildman–Crippen LogP) is -5.43. The van der Waals surface area contributed by atoms with E-state index in [0.29, 0.717) is 0 Å². The molecule has 0 saturated carbocycles. The van der Waals surface area contributed by atoms with E-state index in [1.807, 2.05) is 0 Å². The van der Waals surface area contributed by atoms with Crippen molar-refractivity contribution in [1.29, 1.82) is 0 Å². The molecule has 0 unspecified atom stereocenters. The zero-order chi connectivity index (χ0) is 25.0. The van der Waals surface area contributed by atoms with Crippen LogP contribution in [-0.2, 0) is 28.5 Å². The van der Waals surface area contributed by atoms with E-state index >= 15 is 0 Å². The van der Waals surface area contributed by atoms with Crippen LogP contribution in [0.15, 0.2) is 0 Å². The molecule has 15 nitrogen and oxygen atoms in total. The molecule has 2 fully saturated rings. The summed E-state index contributed by atoms with van der Waals surface area (Å²) >= 11 is 0. The number of nitrogens with two attached hydrogens (primary N) is 1. The summed E-state index contributed by atoms with van der Waals surface area (Å²) in [7, 11) is 0. The summed E-state index contributed by atoms with van der Waals surface area (Å²) in [6, 6.07) is -2.80. The van der Waals surface area contributed by atoms with Crippen molar-refractivity contribution in [3.63, 3.8) is 0 Å². The first-order chi connectivity index (χ1) is 15.4. The molecule has 15 heteroatoms. The van der Waals surface area contributed by atoms with Crippen molar-refractivity contribution in [2.24, 2.45) is 5.73 Å². The van der Waals surface area contributed by atoms with Crippen LogP contribution in [0.1, 0.15) is 13.8 Å². The minimum atomic E-state index is -1.82. The van der Waals surface area contributed by atoms with Crippen molar-refractivity contribution >= 4 is 11.9 Å². The van der Waals surface area contributed by atoms with Gasteiger partial charge in [0.15, 0.2) is 12.6 Å². The van der Waals surface area contributed by atoms with Crippen LogP contribution in [0.25, 0.3) is 0 Å². The normalized spacial score (nSPS) is 41.2. The Balaban J connectivity index is 2.32. The number of aliphatic hydroxyl groups excluding tert-OH is 6. The Morgan fingerprint density at radius 1 is 0.970 bits per heavy atom. The average Bonchev–Trinajstić information content (AvgIpc) is 2.76. The lowest BCUT2D eigenvalue weighted by molar-refractivity contribution is -0.347. The van der Waals surface area contributed by atoms with Crippen LogP contribution in [-0.4, -0.2) is 134 Å². The maximum Gasteiger partial charge on any atom is 0.323 e. The maximum atomic E-state index is 11.8. The first-order valence-electron chi connectivity index (χ1n) is 10.2. The third-order valence-corrected chi connectivity index (χ3v) is 5.50. The number of rotatable bonds is 9. The molecule has 2 heterocycles. The summed E-state index contributed by atoms with van der Waals surface area (Å²) in [5.41, 5.74) is 5.55. The molecule has 0 aromatic heterocycles. The molecule has 33 heavy (non-hydrogen) atoms. The van der Waals surface area contributed by atoms with Gasteiger partial charge in [0.2, 0.25) is 5.91 Å². The molecule has 0 aromatic carbocycles. The Labute approximate surface area is 188 Å². The molecule has 0 spiro atoms. The molecule has 2 aliphatic heterocycles. The lowest BCUT2D eigenvalue weighted by Gasteiger charge is -2.47. The SMILES string of the molecule is CC(=O)N[C@@H]1[C@@H](O[C@H](C)[C@H](N)C(=O)O)O[C@@H](CO)[C@H](O)[C@@H]1O[C@@H]1O[C@@H](CO)[C@H](O)[C@H](O)[C@@H]1O. The minimum Gasteiger partial charge on any atom is -0.480 e. The smallest absolute Gasteiger partial charge is 0.323 e. The van der Waals surface area contributed by atoms with Gasteiger partial charge in [-0.2, -0.15) is 0 Å². The van der Waals surface area contributed by atoms with E-state index in [4.69, 9.17) is 29.8 Å². The van der Waals surface area contributed by atoms with Crippen LogP contribution >= 0.6 is 0 Å². The summed E-state index contributed by atoms with van der Waals surface area (Å²) in [6.07, 6.45) is -15.3. The van der Waals surface area contributed by atoms with Crippen LogP contribution in [0.3, 0.4) is 0 Å². The van der Waals surface area contributed by atoms with Crippen LogP contribution in [0, 0.1) is 0 Å². The van der Waals surface area contributed by atoms with E-state index < -0.39 is 98.6 Å². The van der Waals surface area contributed by atoms with Crippen molar-refractivity contribution < 1.29 is 64.3 Å². The lowest BCUT2D eigenvalue weighted by atomic mass is 9.95. The summed E-state index contributed by atoms with van der Waals surface area (Å²) < 4.78 is 22.0. The second kappa shape index (κ2) is 11.8. The molecule has 0 aromatic rings. The van der Waals surface area contributed by atoms with E-state index in [1.54, 1.807) is 0 Å². The van der Waals surface area contributed by atoms with Gasteiger partial charge in [-0.25, -0.2) is 0 Å². The van der Waals surface area contributed by atoms with Gasteiger partial charge < -0.3 is 65.7 Å². The molecular formula is C18H32N2O13. The summed E-state index contributed by atoms with van der Waals surface area (Å²) in [5.74, 6) is -1.99. The van der Waals surface area contributed by atoms with E-state index in [9.17, 15) is 40.2 Å². The Kier molecular flexibility index (Phi) is 9.89. The monoisotopic (exact) mass is 484 g/mol. The molecule has 2 rings (SSSR count). The first kappa shape index (κ1) is 27.7. The van der Waals surface area contributed by atoms with Crippen LogP contribution in [0.5, 0.6) is 0 Å². The number of carbonyl (C=O) groups is 2. The number of aliphatic hydroxyl groups is 6. The topological polar surface area (TPSA) is 251 Å². The van der Waals surface area contributed by atoms with E-state index in [2.05, 4.69) is 5.32 Å². The third-order valence-electron chi connectivity index (χ3n) is 5.50. The van der Waals surface area contributed by atoms with Gasteiger partial charge in [0, 0.05) is 6.92 Å². The second-order valence-corrected chi connectivity index (χ2v) is 7.95. The first-order valence-corrected chi connectivity index (χ1v) is 10.2. The van der Waals surface area contributed by atoms with Gasteiger partial charge >= 0.3 is 5.97 Å². The Hall–Kier alpha value is -1.50. The summed E-state index contributed by atoms with van der Waals surface area (Å²) in [6.45, 7) is 1.01. The van der Waals surface area contributed by atoms with E-state index in [0.717, 1.165) is 6.92 Å². The third kappa shape index (κ3) is 6.34. The van der Waals surface area contributed by atoms with Gasteiger partial charge in [-0.15, -0.1) is 0 Å². The number of aliphatic carboxylic acids is 1. The van der Waals surface area contributed by atoms with Gasteiger partial charge in [0.25, 0.3) is 0 Å². The number of nitrogens with one attached hydrogen (secondary N) is 1. The van der Waals surface area contributed by atoms with Crippen molar-refractivity contribution in [1.82, 2.24) is 5.32 Å². The number of carbonyl (C=O) groups excluding carboxylic acids is 1. The zero-order valence-electron chi connectivity index (χ0n) is 18.0. The van der Waals surface area contributed by atoms with Crippen molar-refractivity contribution in [2.45, 2.75) is 87.3 Å². The van der Waals surface area contributed by atoms with E-state index in [-0.39, 0.29) is 0 Å². The highest BCUT2D eigenvalue weighted by Crippen LogP contribution is 2.30. The fourth-order valence-electron chi connectivity index (χ4n) is 3.57. The molecule has 2 aliphatic rings. The number of carboxylic acids is 1. The Morgan fingerprint density at radius 2 is 1.52 bits per heavy atom. The van der Waals surface area contributed by atoms with Gasteiger partial charge in [-0.05, 0) is 6.92 Å². The van der Waals surface area contributed by atoms with Gasteiger partial charge in [0.1, 0.15) is 54.8 Å². The predicted molar refractivity (Wildman–Crippen MR) is 104 cm³/mol. The van der Waals surface area contributed by atoms with Crippen molar-refractivity contribution in [2.75, 3.05) is 13.2 Å². The van der Waals surface area contributed by atoms with Crippen molar-refractivity contribution in [3.05, 3.63) is 0 Å². The molecule has 0 aliphatic carbocycles.